The van der Waals surface area contributed by atoms with E-state index in [0.29, 0.717) is 0 Å². The third-order valence-electron chi connectivity index (χ3n) is 13.1. The molecular weight excluding hydrogens is 761 g/mol. The minimum absolute atomic E-state index is 0.474. The molecule has 10 aromatic carbocycles. The molecule has 0 amide bonds. The first-order chi connectivity index (χ1) is 31.3. The Morgan fingerprint density at radius 2 is 0.476 bits per heavy atom. The van der Waals surface area contributed by atoms with Crippen LogP contribution in [-0.4, -0.2) is 0 Å². The van der Waals surface area contributed by atoms with E-state index in [1.807, 2.05) is 0 Å². The lowest BCUT2D eigenvalue weighted by Gasteiger charge is -2.31. The van der Waals surface area contributed by atoms with E-state index < -0.39 is 5.41 Å². The molecule has 0 heterocycles. The summed E-state index contributed by atoms with van der Waals surface area (Å²) in [5.41, 5.74) is 21.6. The van der Waals surface area contributed by atoms with Crippen molar-refractivity contribution < 1.29 is 0 Å². The quantitative estimate of drug-likeness (QED) is 0.151. The molecule has 0 unspecified atom stereocenters. The number of hydrogen-bond donors (Lipinski definition) is 0. The standard InChI is InChI=1S/C61H42N2/c1-5-17-47(18-6-1)62(48-19-7-2-8-20-48)51-35-29-43(30-36-51)45-33-39-55-56-40-34-46(44-31-37-52(38-32-44)63(49-21-9-3-10-22-49)50-23-11-4-12-24-50)42-60(56)61(59(55)41-45)57-27-15-13-25-53(57)54-26-14-16-28-58(54)61/h1-42H. The van der Waals surface area contributed by atoms with Gasteiger partial charge in [0.25, 0.3) is 0 Å². The molecule has 10 aromatic rings. The van der Waals surface area contributed by atoms with E-state index in [9.17, 15) is 0 Å². The second-order valence-electron chi connectivity index (χ2n) is 16.5. The van der Waals surface area contributed by atoms with E-state index in [0.717, 1.165) is 34.1 Å². The molecule has 0 aliphatic heterocycles. The van der Waals surface area contributed by atoms with Crippen LogP contribution in [0.25, 0.3) is 44.5 Å². The normalized spacial score (nSPS) is 12.6. The number of benzene rings is 10. The van der Waals surface area contributed by atoms with Crippen LogP contribution in [0.15, 0.2) is 255 Å². The third-order valence-corrected chi connectivity index (χ3v) is 13.1. The zero-order chi connectivity index (χ0) is 41.7. The first kappa shape index (κ1) is 36.6. The summed E-state index contributed by atoms with van der Waals surface area (Å²) in [4.78, 5) is 4.64. The molecule has 0 atom stereocenters. The number of fused-ring (bicyclic) bond motifs is 10. The summed E-state index contributed by atoms with van der Waals surface area (Å²) in [5.74, 6) is 0. The van der Waals surface area contributed by atoms with Crippen LogP contribution in [0.2, 0.25) is 0 Å². The van der Waals surface area contributed by atoms with Gasteiger partial charge in [0.15, 0.2) is 0 Å². The fourth-order valence-corrected chi connectivity index (χ4v) is 10.3. The van der Waals surface area contributed by atoms with Gasteiger partial charge in [-0.1, -0.05) is 170 Å². The van der Waals surface area contributed by atoms with E-state index in [2.05, 4.69) is 265 Å². The average Bonchev–Trinajstić information content (AvgIpc) is 3.83. The first-order valence-corrected chi connectivity index (χ1v) is 21.8. The summed E-state index contributed by atoms with van der Waals surface area (Å²) in [6.07, 6.45) is 0. The molecule has 12 rings (SSSR count). The van der Waals surface area contributed by atoms with Crippen LogP contribution in [0, 0.1) is 0 Å². The van der Waals surface area contributed by atoms with Crippen molar-refractivity contribution in [3.05, 3.63) is 277 Å². The lowest BCUT2D eigenvalue weighted by Crippen LogP contribution is -2.26. The second kappa shape index (κ2) is 15.1. The molecule has 0 bridgehead atoms. The average molecular weight is 803 g/mol. The highest BCUT2D eigenvalue weighted by Gasteiger charge is 2.51. The first-order valence-electron chi connectivity index (χ1n) is 21.8. The Morgan fingerprint density at radius 3 is 0.825 bits per heavy atom. The van der Waals surface area contributed by atoms with Crippen LogP contribution in [0.1, 0.15) is 22.3 Å². The van der Waals surface area contributed by atoms with Crippen molar-refractivity contribution in [1.29, 1.82) is 0 Å². The molecule has 0 radical (unpaired) electrons. The van der Waals surface area contributed by atoms with Crippen LogP contribution < -0.4 is 9.80 Å². The number of hydrogen-bond acceptors (Lipinski definition) is 2. The Kier molecular flexibility index (Phi) is 8.76. The molecular formula is C61H42N2. The lowest BCUT2D eigenvalue weighted by molar-refractivity contribution is 0.794. The van der Waals surface area contributed by atoms with Gasteiger partial charge in [0.05, 0.1) is 5.41 Å². The summed E-state index contributed by atoms with van der Waals surface area (Å²) in [7, 11) is 0. The van der Waals surface area contributed by atoms with E-state index in [1.165, 1.54) is 66.8 Å². The molecule has 2 aliphatic rings. The van der Waals surface area contributed by atoms with E-state index in [-0.39, 0.29) is 0 Å². The van der Waals surface area contributed by atoms with Gasteiger partial charge in [-0.15, -0.1) is 0 Å². The van der Waals surface area contributed by atoms with Crippen molar-refractivity contribution in [1.82, 2.24) is 0 Å². The number of rotatable bonds is 8. The maximum atomic E-state index is 2.48. The van der Waals surface area contributed by atoms with E-state index in [4.69, 9.17) is 0 Å². The summed E-state index contributed by atoms with van der Waals surface area (Å²) >= 11 is 0. The van der Waals surface area contributed by atoms with Gasteiger partial charge in [-0.2, -0.15) is 0 Å². The van der Waals surface area contributed by atoms with Crippen LogP contribution in [-0.2, 0) is 5.41 Å². The number of para-hydroxylation sites is 4. The molecule has 63 heavy (non-hydrogen) atoms. The minimum Gasteiger partial charge on any atom is -0.311 e. The SMILES string of the molecule is c1ccc(N(c2ccccc2)c2ccc(-c3ccc4c(c3)C3(c5ccccc5-c5ccccc53)c3cc(-c5ccc(N(c6ccccc6)c6ccccc6)cc5)ccc3-4)cc2)cc1. The third kappa shape index (κ3) is 5.95. The largest absolute Gasteiger partial charge is 0.311 e. The summed E-state index contributed by atoms with van der Waals surface area (Å²) in [6.45, 7) is 0. The molecule has 0 fully saturated rings. The summed E-state index contributed by atoms with van der Waals surface area (Å²) in [6, 6.07) is 93.0. The van der Waals surface area contributed by atoms with Crippen LogP contribution in [0.3, 0.4) is 0 Å². The second-order valence-corrected chi connectivity index (χ2v) is 16.5. The van der Waals surface area contributed by atoms with Crippen LogP contribution in [0.4, 0.5) is 34.1 Å². The van der Waals surface area contributed by atoms with Crippen molar-refractivity contribution in [2.24, 2.45) is 0 Å². The van der Waals surface area contributed by atoms with Crippen molar-refractivity contribution >= 4 is 34.1 Å². The van der Waals surface area contributed by atoms with Gasteiger partial charge in [-0.05, 0) is 152 Å². The smallest absolute Gasteiger partial charge is 0.0725 e. The number of nitrogens with zero attached hydrogens (tertiary/aromatic N) is 2. The van der Waals surface area contributed by atoms with Gasteiger partial charge >= 0.3 is 0 Å². The minimum atomic E-state index is -0.474. The molecule has 1 spiro atoms. The molecule has 2 aliphatic carbocycles. The molecule has 0 saturated carbocycles. The molecule has 2 heteroatoms. The Morgan fingerprint density at radius 1 is 0.206 bits per heavy atom. The highest BCUT2D eigenvalue weighted by molar-refractivity contribution is 5.97. The van der Waals surface area contributed by atoms with Crippen molar-refractivity contribution in [3.8, 4) is 44.5 Å². The van der Waals surface area contributed by atoms with Crippen molar-refractivity contribution in [2.45, 2.75) is 5.41 Å². The molecule has 0 N–H and O–H groups in total. The van der Waals surface area contributed by atoms with Gasteiger partial charge in [0.1, 0.15) is 0 Å². The molecule has 2 nitrogen and oxygen atoms in total. The van der Waals surface area contributed by atoms with Crippen LogP contribution in [0.5, 0.6) is 0 Å². The highest BCUT2D eigenvalue weighted by Crippen LogP contribution is 2.63. The van der Waals surface area contributed by atoms with Crippen molar-refractivity contribution in [3.63, 3.8) is 0 Å². The summed E-state index contributed by atoms with van der Waals surface area (Å²) in [5, 5.41) is 0. The maximum absolute atomic E-state index is 2.48. The van der Waals surface area contributed by atoms with Gasteiger partial charge in [-0.3, -0.25) is 0 Å². The van der Waals surface area contributed by atoms with Gasteiger partial charge in [-0.25, -0.2) is 0 Å². The topological polar surface area (TPSA) is 6.48 Å². The monoisotopic (exact) mass is 802 g/mol. The Labute approximate surface area is 369 Å². The zero-order valence-corrected chi connectivity index (χ0v) is 34.6. The van der Waals surface area contributed by atoms with Gasteiger partial charge in [0.2, 0.25) is 0 Å². The predicted octanol–water partition coefficient (Wildman–Crippen LogP) is 16.3. The molecule has 0 saturated heterocycles. The Hall–Kier alpha value is -8.20. The van der Waals surface area contributed by atoms with E-state index >= 15 is 0 Å². The zero-order valence-electron chi connectivity index (χ0n) is 34.6. The van der Waals surface area contributed by atoms with Gasteiger partial charge in [0, 0.05) is 34.1 Å². The Balaban J connectivity index is 0.976. The lowest BCUT2D eigenvalue weighted by atomic mass is 9.70. The molecule has 296 valence electrons. The van der Waals surface area contributed by atoms with Crippen molar-refractivity contribution in [2.75, 3.05) is 9.80 Å². The number of anilines is 6. The molecule has 0 aromatic heterocycles. The Bertz CT molecular complexity index is 2950. The fourth-order valence-electron chi connectivity index (χ4n) is 10.3. The maximum Gasteiger partial charge on any atom is 0.0725 e. The predicted molar refractivity (Wildman–Crippen MR) is 263 cm³/mol. The van der Waals surface area contributed by atoms with Gasteiger partial charge < -0.3 is 9.80 Å². The highest BCUT2D eigenvalue weighted by atomic mass is 15.1. The fraction of sp³-hybridized carbons (Fsp3) is 0.0164. The van der Waals surface area contributed by atoms with Crippen LogP contribution >= 0.6 is 0 Å². The van der Waals surface area contributed by atoms with E-state index in [1.54, 1.807) is 0 Å². The summed E-state index contributed by atoms with van der Waals surface area (Å²) < 4.78 is 0.